The summed E-state index contributed by atoms with van der Waals surface area (Å²) in [5.74, 6) is 0.411. The summed E-state index contributed by atoms with van der Waals surface area (Å²) in [4.78, 5) is 30.5. The molecule has 2 aromatic rings. The predicted octanol–water partition coefficient (Wildman–Crippen LogP) is 3.27. The summed E-state index contributed by atoms with van der Waals surface area (Å²) >= 11 is 0. The Kier molecular flexibility index (Phi) is 4.51. The number of Topliss-reactive ketones (excluding diaryl/α,β-unsaturated/α-hetero) is 1. The third-order valence-electron chi connectivity index (χ3n) is 4.20. The topological polar surface area (TPSA) is 50.3 Å². The summed E-state index contributed by atoms with van der Waals surface area (Å²) in [5.41, 5.74) is 2.76. The monoisotopic (exact) mass is 308 g/mol. The molecule has 118 valence electrons. The molecule has 1 aromatic heterocycles. The highest BCUT2D eigenvalue weighted by molar-refractivity contribution is 6.01. The number of anilines is 1. The van der Waals surface area contributed by atoms with E-state index in [4.69, 9.17) is 0 Å². The average molecular weight is 308 g/mol. The van der Waals surface area contributed by atoms with Gasteiger partial charge >= 0.3 is 0 Å². The Balaban J connectivity index is 1.68. The number of hydrogen-bond acceptors (Lipinski definition) is 3. The summed E-state index contributed by atoms with van der Waals surface area (Å²) in [5, 5.41) is 0. The van der Waals surface area contributed by atoms with Gasteiger partial charge in [0.1, 0.15) is 0 Å². The molecule has 1 aliphatic rings. The highest BCUT2D eigenvalue weighted by Crippen LogP contribution is 2.30. The molecule has 0 fully saturated rings. The number of nitrogens with zero attached hydrogens (tertiary/aromatic N) is 2. The van der Waals surface area contributed by atoms with Crippen molar-refractivity contribution in [3.8, 4) is 0 Å². The lowest BCUT2D eigenvalue weighted by Gasteiger charge is -2.33. The van der Waals surface area contributed by atoms with E-state index in [0.717, 1.165) is 18.7 Å². The smallest absolute Gasteiger partial charge is 0.227 e. The van der Waals surface area contributed by atoms with E-state index in [1.807, 2.05) is 23.1 Å². The number of ketones is 1. The van der Waals surface area contributed by atoms with Gasteiger partial charge in [-0.15, -0.1) is 0 Å². The summed E-state index contributed by atoms with van der Waals surface area (Å²) < 4.78 is 0. The van der Waals surface area contributed by atoms with Crippen molar-refractivity contribution in [3.05, 3.63) is 59.9 Å². The lowest BCUT2D eigenvalue weighted by molar-refractivity contribution is -0.118. The Bertz CT molecular complexity index is 712. The molecule has 4 heteroatoms. The molecule has 2 heterocycles. The number of carbonyl (C=O) groups excluding carboxylic acids is 2. The zero-order chi connectivity index (χ0) is 16.2. The van der Waals surface area contributed by atoms with Crippen molar-refractivity contribution in [1.29, 1.82) is 0 Å². The van der Waals surface area contributed by atoms with Gasteiger partial charge in [-0.2, -0.15) is 0 Å². The Labute approximate surface area is 136 Å². The second-order valence-electron chi connectivity index (χ2n) is 6.11. The van der Waals surface area contributed by atoms with E-state index in [1.54, 1.807) is 24.5 Å². The maximum atomic E-state index is 12.6. The van der Waals surface area contributed by atoms with Crippen molar-refractivity contribution in [2.75, 3.05) is 11.4 Å². The third-order valence-corrected chi connectivity index (χ3v) is 4.20. The fourth-order valence-corrected chi connectivity index (χ4v) is 3.06. The van der Waals surface area contributed by atoms with Gasteiger partial charge < -0.3 is 4.90 Å². The Morgan fingerprint density at radius 1 is 1.17 bits per heavy atom. The molecule has 0 aliphatic carbocycles. The normalized spacial score (nSPS) is 16.7. The van der Waals surface area contributed by atoms with Crippen molar-refractivity contribution in [2.24, 2.45) is 5.92 Å². The third kappa shape index (κ3) is 3.47. The van der Waals surface area contributed by atoms with Crippen LogP contribution in [0, 0.1) is 5.92 Å². The number of aromatic nitrogens is 1. The minimum Gasteiger partial charge on any atom is -0.312 e. The van der Waals surface area contributed by atoms with Crippen LogP contribution in [0.5, 0.6) is 0 Å². The largest absolute Gasteiger partial charge is 0.312 e. The lowest BCUT2D eigenvalue weighted by Crippen LogP contribution is -2.39. The molecule has 1 aromatic carbocycles. The van der Waals surface area contributed by atoms with Crippen LogP contribution in [-0.2, 0) is 11.2 Å². The van der Waals surface area contributed by atoms with Crippen LogP contribution in [0.15, 0.2) is 48.8 Å². The maximum Gasteiger partial charge on any atom is 0.227 e. The molecule has 0 N–H and O–H groups in total. The predicted molar refractivity (Wildman–Crippen MR) is 89.5 cm³/mol. The standard InChI is InChI=1S/C19H20N2O2/c1-14-11-15-5-2-3-7-17(15)21(13-14)19(23)9-8-18(22)16-6-4-10-20-12-16/h2-7,10,12,14H,8-9,11,13H2,1H3. The average Bonchev–Trinajstić information content (AvgIpc) is 2.59. The molecule has 0 spiro atoms. The lowest BCUT2D eigenvalue weighted by atomic mass is 9.93. The summed E-state index contributed by atoms with van der Waals surface area (Å²) in [6.45, 7) is 2.87. The van der Waals surface area contributed by atoms with E-state index in [0.29, 0.717) is 11.5 Å². The minimum atomic E-state index is -0.0372. The number of hydrogen-bond donors (Lipinski definition) is 0. The molecule has 0 saturated carbocycles. The van der Waals surface area contributed by atoms with Crippen LogP contribution < -0.4 is 4.90 Å². The van der Waals surface area contributed by atoms with E-state index in [2.05, 4.69) is 18.0 Å². The van der Waals surface area contributed by atoms with Gasteiger partial charge in [0.25, 0.3) is 0 Å². The molecule has 1 aliphatic heterocycles. The number of rotatable bonds is 4. The van der Waals surface area contributed by atoms with Crippen molar-refractivity contribution < 1.29 is 9.59 Å². The molecule has 1 unspecified atom stereocenters. The second kappa shape index (κ2) is 6.73. The first-order valence-corrected chi connectivity index (χ1v) is 7.96. The van der Waals surface area contributed by atoms with Gasteiger partial charge in [0.05, 0.1) is 0 Å². The molecule has 0 bridgehead atoms. The zero-order valence-electron chi connectivity index (χ0n) is 13.2. The van der Waals surface area contributed by atoms with Crippen LogP contribution in [0.2, 0.25) is 0 Å². The van der Waals surface area contributed by atoms with Crippen molar-refractivity contribution in [1.82, 2.24) is 4.98 Å². The van der Waals surface area contributed by atoms with E-state index < -0.39 is 0 Å². The van der Waals surface area contributed by atoms with Crippen molar-refractivity contribution >= 4 is 17.4 Å². The molecular weight excluding hydrogens is 288 g/mol. The highest BCUT2D eigenvalue weighted by atomic mass is 16.2. The van der Waals surface area contributed by atoms with E-state index in [9.17, 15) is 9.59 Å². The van der Waals surface area contributed by atoms with E-state index in [-0.39, 0.29) is 24.5 Å². The number of pyridine rings is 1. The van der Waals surface area contributed by atoms with Gasteiger partial charge in [0.15, 0.2) is 5.78 Å². The fraction of sp³-hybridized carbons (Fsp3) is 0.316. The van der Waals surface area contributed by atoms with Crippen LogP contribution in [0.1, 0.15) is 35.7 Å². The summed E-state index contributed by atoms with van der Waals surface area (Å²) in [6, 6.07) is 11.5. The van der Waals surface area contributed by atoms with Crippen LogP contribution in [0.4, 0.5) is 5.69 Å². The number of carbonyl (C=O) groups is 2. The fourth-order valence-electron chi connectivity index (χ4n) is 3.06. The number of benzene rings is 1. The quantitative estimate of drug-likeness (QED) is 0.815. The zero-order valence-corrected chi connectivity index (χ0v) is 13.2. The minimum absolute atomic E-state index is 0.0150. The molecule has 4 nitrogen and oxygen atoms in total. The van der Waals surface area contributed by atoms with Gasteiger partial charge in [-0.05, 0) is 36.1 Å². The molecular formula is C19H20N2O2. The van der Waals surface area contributed by atoms with Gasteiger partial charge in [0.2, 0.25) is 5.91 Å². The second-order valence-corrected chi connectivity index (χ2v) is 6.11. The number of para-hydroxylation sites is 1. The number of amides is 1. The Morgan fingerprint density at radius 3 is 2.78 bits per heavy atom. The van der Waals surface area contributed by atoms with E-state index in [1.165, 1.54) is 5.56 Å². The molecule has 0 radical (unpaired) electrons. The van der Waals surface area contributed by atoms with Gasteiger partial charge in [-0.3, -0.25) is 14.6 Å². The molecule has 3 rings (SSSR count). The summed E-state index contributed by atoms with van der Waals surface area (Å²) in [6.07, 6.45) is 4.62. The Hall–Kier alpha value is -2.49. The first-order chi connectivity index (χ1) is 11.1. The first-order valence-electron chi connectivity index (χ1n) is 7.96. The highest BCUT2D eigenvalue weighted by Gasteiger charge is 2.26. The molecule has 1 amide bonds. The van der Waals surface area contributed by atoms with Crippen molar-refractivity contribution in [2.45, 2.75) is 26.2 Å². The van der Waals surface area contributed by atoms with Crippen LogP contribution in [-0.4, -0.2) is 23.2 Å². The van der Waals surface area contributed by atoms with Crippen LogP contribution in [0.3, 0.4) is 0 Å². The Morgan fingerprint density at radius 2 is 2.00 bits per heavy atom. The van der Waals surface area contributed by atoms with Crippen LogP contribution >= 0.6 is 0 Å². The number of fused-ring (bicyclic) bond motifs is 1. The summed E-state index contributed by atoms with van der Waals surface area (Å²) in [7, 11) is 0. The van der Waals surface area contributed by atoms with Gasteiger partial charge in [-0.1, -0.05) is 25.1 Å². The molecule has 0 saturated heterocycles. The molecule has 1 atom stereocenters. The van der Waals surface area contributed by atoms with Crippen LogP contribution in [0.25, 0.3) is 0 Å². The van der Waals surface area contributed by atoms with E-state index >= 15 is 0 Å². The van der Waals surface area contributed by atoms with Gasteiger partial charge in [-0.25, -0.2) is 0 Å². The maximum absolute atomic E-state index is 12.6. The first kappa shape index (κ1) is 15.4. The van der Waals surface area contributed by atoms with Crippen molar-refractivity contribution in [3.63, 3.8) is 0 Å². The SMILES string of the molecule is CC1Cc2ccccc2N(C(=O)CCC(=O)c2cccnc2)C1. The van der Waals surface area contributed by atoms with Gasteiger partial charge in [0, 0.05) is 43.0 Å². The molecule has 23 heavy (non-hydrogen) atoms.